The van der Waals surface area contributed by atoms with Gasteiger partial charge in [0, 0.05) is 16.2 Å². The lowest BCUT2D eigenvalue weighted by Crippen LogP contribution is -2.23. The Morgan fingerprint density at radius 3 is 2.70 bits per heavy atom. The summed E-state index contributed by atoms with van der Waals surface area (Å²) in [7, 11) is 0. The van der Waals surface area contributed by atoms with Crippen LogP contribution in [0.5, 0.6) is 0 Å². The first-order chi connectivity index (χ1) is 9.43. The van der Waals surface area contributed by atoms with Crippen LogP contribution in [0, 0.1) is 6.92 Å². The highest BCUT2D eigenvalue weighted by Crippen LogP contribution is 2.21. The predicted octanol–water partition coefficient (Wildman–Crippen LogP) is 2.56. The Morgan fingerprint density at radius 2 is 2.10 bits per heavy atom. The number of hydrogen-bond acceptors (Lipinski definition) is 3. The van der Waals surface area contributed by atoms with E-state index in [0.717, 1.165) is 22.1 Å². The third-order valence-electron chi connectivity index (χ3n) is 2.96. The molecule has 1 N–H and O–H groups in total. The maximum absolute atomic E-state index is 11.6. The fraction of sp³-hybridized carbons (Fsp3) is 0.214. The van der Waals surface area contributed by atoms with Gasteiger partial charge in [-0.05, 0) is 37.1 Å². The van der Waals surface area contributed by atoms with Crippen LogP contribution in [0.25, 0.3) is 5.69 Å². The summed E-state index contributed by atoms with van der Waals surface area (Å²) in [5, 5.41) is 13.0. The van der Waals surface area contributed by atoms with E-state index in [1.54, 1.807) is 6.92 Å². The molecule has 0 saturated carbocycles. The minimum atomic E-state index is -1.32. The molecule has 104 valence electrons. The Hall–Kier alpha value is -1.95. The summed E-state index contributed by atoms with van der Waals surface area (Å²) < 4.78 is 2.44. The zero-order valence-electron chi connectivity index (χ0n) is 11.1. The standard InChI is InChI=1S/C14H13BrN2O3/c1-3-9-7-10(15)4-5-11(9)17-8(2)6-12(18)13(16-17)14(19)20/h4-7H,3H2,1-2H3,(H,19,20). The van der Waals surface area contributed by atoms with Gasteiger partial charge in [-0.25, -0.2) is 9.48 Å². The first-order valence-electron chi connectivity index (χ1n) is 6.07. The fourth-order valence-corrected chi connectivity index (χ4v) is 2.39. The van der Waals surface area contributed by atoms with E-state index in [0.29, 0.717) is 5.69 Å². The number of benzene rings is 1. The average Bonchev–Trinajstić information content (AvgIpc) is 2.39. The molecule has 0 amide bonds. The van der Waals surface area contributed by atoms with E-state index in [2.05, 4.69) is 21.0 Å². The first-order valence-corrected chi connectivity index (χ1v) is 6.86. The Labute approximate surface area is 124 Å². The number of carbonyl (C=O) groups is 1. The molecule has 20 heavy (non-hydrogen) atoms. The van der Waals surface area contributed by atoms with Crippen molar-refractivity contribution in [1.29, 1.82) is 0 Å². The number of carboxylic acid groups (broad SMARTS) is 1. The lowest BCUT2D eigenvalue weighted by atomic mass is 10.1. The lowest BCUT2D eigenvalue weighted by Gasteiger charge is -2.14. The van der Waals surface area contributed by atoms with Gasteiger partial charge in [0.2, 0.25) is 11.1 Å². The van der Waals surface area contributed by atoms with E-state index < -0.39 is 17.1 Å². The SMILES string of the molecule is CCc1cc(Br)ccc1-n1nc(C(=O)O)c(=O)cc1C. The van der Waals surface area contributed by atoms with Crippen LogP contribution in [0.3, 0.4) is 0 Å². The molecule has 0 aliphatic carbocycles. The van der Waals surface area contributed by atoms with Crippen LogP contribution in [0.2, 0.25) is 0 Å². The number of aryl methyl sites for hydroxylation is 2. The van der Waals surface area contributed by atoms with Crippen molar-refractivity contribution in [2.24, 2.45) is 0 Å². The Morgan fingerprint density at radius 1 is 1.40 bits per heavy atom. The lowest BCUT2D eigenvalue weighted by molar-refractivity contribution is 0.0686. The number of halogens is 1. The van der Waals surface area contributed by atoms with Gasteiger partial charge >= 0.3 is 5.97 Å². The summed E-state index contributed by atoms with van der Waals surface area (Å²) in [4.78, 5) is 22.7. The number of hydrogen-bond donors (Lipinski definition) is 1. The second-order valence-corrected chi connectivity index (χ2v) is 5.26. The molecule has 0 bridgehead atoms. The molecule has 0 radical (unpaired) electrons. The third kappa shape index (κ3) is 2.65. The summed E-state index contributed by atoms with van der Waals surface area (Å²) in [5.41, 5.74) is 1.32. The van der Waals surface area contributed by atoms with Gasteiger partial charge in [0.1, 0.15) is 0 Å². The minimum absolute atomic E-state index is 0.472. The number of nitrogens with zero attached hydrogens (tertiary/aromatic N) is 2. The van der Waals surface area contributed by atoms with Crippen LogP contribution >= 0.6 is 15.9 Å². The molecule has 1 aromatic carbocycles. The maximum atomic E-state index is 11.6. The van der Waals surface area contributed by atoms with Crippen LogP contribution in [-0.2, 0) is 6.42 Å². The van der Waals surface area contributed by atoms with Crippen molar-refractivity contribution < 1.29 is 9.90 Å². The Bertz CT molecular complexity index is 738. The highest BCUT2D eigenvalue weighted by molar-refractivity contribution is 9.10. The maximum Gasteiger partial charge on any atom is 0.360 e. The van der Waals surface area contributed by atoms with E-state index in [1.807, 2.05) is 25.1 Å². The van der Waals surface area contributed by atoms with Gasteiger partial charge < -0.3 is 5.11 Å². The van der Waals surface area contributed by atoms with Crippen molar-refractivity contribution >= 4 is 21.9 Å². The molecule has 0 unspecified atom stereocenters. The highest BCUT2D eigenvalue weighted by Gasteiger charge is 2.15. The van der Waals surface area contributed by atoms with Crippen molar-refractivity contribution in [3.8, 4) is 5.69 Å². The number of aromatic carboxylic acids is 1. The van der Waals surface area contributed by atoms with Gasteiger partial charge in [0.25, 0.3) is 0 Å². The van der Waals surface area contributed by atoms with Gasteiger partial charge in [-0.3, -0.25) is 4.79 Å². The van der Waals surface area contributed by atoms with Gasteiger partial charge in [0.05, 0.1) is 5.69 Å². The molecule has 0 atom stereocenters. The average molecular weight is 337 g/mol. The number of carboxylic acids is 1. The smallest absolute Gasteiger partial charge is 0.360 e. The van der Waals surface area contributed by atoms with Crippen molar-refractivity contribution in [1.82, 2.24) is 9.78 Å². The van der Waals surface area contributed by atoms with Gasteiger partial charge in [-0.1, -0.05) is 22.9 Å². The second-order valence-electron chi connectivity index (χ2n) is 4.34. The summed E-state index contributed by atoms with van der Waals surface area (Å²) in [6, 6.07) is 6.94. The molecule has 5 nitrogen and oxygen atoms in total. The molecule has 6 heteroatoms. The monoisotopic (exact) mass is 336 g/mol. The first kappa shape index (κ1) is 14.5. The summed E-state index contributed by atoms with van der Waals surface area (Å²) in [5.74, 6) is -1.32. The Balaban J connectivity index is 2.72. The molecule has 0 fully saturated rings. The van der Waals surface area contributed by atoms with Crippen LogP contribution < -0.4 is 5.43 Å². The highest BCUT2D eigenvalue weighted by atomic mass is 79.9. The molecular weight excluding hydrogens is 324 g/mol. The van der Waals surface area contributed by atoms with E-state index in [-0.39, 0.29) is 0 Å². The largest absolute Gasteiger partial charge is 0.476 e. The zero-order valence-corrected chi connectivity index (χ0v) is 12.6. The third-order valence-corrected chi connectivity index (χ3v) is 3.45. The van der Waals surface area contributed by atoms with Gasteiger partial charge in [-0.15, -0.1) is 0 Å². The molecule has 0 spiro atoms. The van der Waals surface area contributed by atoms with Crippen LogP contribution in [0.1, 0.15) is 28.7 Å². The summed E-state index contributed by atoms with van der Waals surface area (Å²) in [6.45, 7) is 3.72. The Kier molecular flexibility index (Phi) is 4.04. The molecule has 0 aliphatic heterocycles. The van der Waals surface area contributed by atoms with Gasteiger partial charge in [0.15, 0.2) is 0 Å². The molecule has 2 rings (SSSR count). The summed E-state index contributed by atoms with van der Waals surface area (Å²) in [6.07, 6.45) is 0.768. The van der Waals surface area contributed by atoms with E-state index in [9.17, 15) is 9.59 Å². The molecule has 1 heterocycles. The van der Waals surface area contributed by atoms with Gasteiger partial charge in [-0.2, -0.15) is 5.10 Å². The van der Waals surface area contributed by atoms with E-state index in [4.69, 9.17) is 5.11 Å². The molecule has 0 aliphatic rings. The number of rotatable bonds is 3. The predicted molar refractivity (Wildman–Crippen MR) is 78.6 cm³/mol. The van der Waals surface area contributed by atoms with Crippen molar-refractivity contribution in [3.63, 3.8) is 0 Å². The summed E-state index contributed by atoms with van der Waals surface area (Å²) >= 11 is 3.40. The molecule has 1 aromatic heterocycles. The van der Waals surface area contributed by atoms with E-state index in [1.165, 1.54) is 10.7 Å². The molecule has 0 saturated heterocycles. The minimum Gasteiger partial charge on any atom is -0.476 e. The van der Waals surface area contributed by atoms with Crippen LogP contribution in [0.15, 0.2) is 33.5 Å². The fourth-order valence-electron chi connectivity index (χ4n) is 1.98. The van der Waals surface area contributed by atoms with Crippen LogP contribution in [0.4, 0.5) is 0 Å². The van der Waals surface area contributed by atoms with Crippen LogP contribution in [-0.4, -0.2) is 20.9 Å². The van der Waals surface area contributed by atoms with Crippen molar-refractivity contribution in [2.75, 3.05) is 0 Å². The second kappa shape index (κ2) is 5.58. The molecular formula is C14H13BrN2O3. The number of aromatic nitrogens is 2. The van der Waals surface area contributed by atoms with Crippen molar-refractivity contribution in [2.45, 2.75) is 20.3 Å². The van der Waals surface area contributed by atoms with Crippen molar-refractivity contribution in [3.05, 3.63) is 55.9 Å². The zero-order chi connectivity index (χ0) is 14.9. The van der Waals surface area contributed by atoms with E-state index >= 15 is 0 Å². The normalized spacial score (nSPS) is 10.6. The quantitative estimate of drug-likeness (QED) is 0.934. The molecule has 2 aromatic rings. The topological polar surface area (TPSA) is 72.2 Å².